The van der Waals surface area contributed by atoms with Gasteiger partial charge in [-0.05, 0) is 59.9 Å². The molecule has 0 saturated carbocycles. The number of carbonyl (C=O) groups excluding carboxylic acids is 1. The second kappa shape index (κ2) is 16.6. The lowest BCUT2D eigenvalue weighted by Crippen LogP contribution is -2.27. The molecule has 0 fully saturated rings. The molecule has 0 spiro atoms. The SMILES string of the molecule is CCCCCCCCCCCCOc1ccc(CN(C(C)=O)c2ccc(Cc3cccnc3)cc2)cc1. The quantitative estimate of drug-likeness (QED) is 0.174. The number of rotatable bonds is 17. The maximum absolute atomic E-state index is 12.4. The Morgan fingerprint density at radius 2 is 1.38 bits per heavy atom. The Balaban J connectivity index is 1.38. The van der Waals surface area contributed by atoms with Gasteiger partial charge in [-0.2, -0.15) is 0 Å². The smallest absolute Gasteiger partial charge is 0.224 e. The molecule has 4 nitrogen and oxygen atoms in total. The lowest BCUT2D eigenvalue weighted by atomic mass is 10.1. The monoisotopic (exact) mass is 500 g/mol. The van der Waals surface area contributed by atoms with E-state index in [-0.39, 0.29) is 5.91 Å². The molecular formula is C33H44N2O2. The van der Waals surface area contributed by atoms with Crippen LogP contribution >= 0.6 is 0 Å². The average molecular weight is 501 g/mol. The highest BCUT2D eigenvalue weighted by molar-refractivity contribution is 5.91. The summed E-state index contributed by atoms with van der Waals surface area (Å²) in [4.78, 5) is 18.4. The van der Waals surface area contributed by atoms with Crippen LogP contribution in [0.2, 0.25) is 0 Å². The molecule has 0 aliphatic carbocycles. The fraction of sp³-hybridized carbons (Fsp3) is 0.455. The number of hydrogen-bond donors (Lipinski definition) is 0. The van der Waals surface area contributed by atoms with Crippen molar-refractivity contribution in [3.8, 4) is 5.75 Å². The number of nitrogens with zero attached hydrogens (tertiary/aromatic N) is 2. The Morgan fingerprint density at radius 1 is 0.757 bits per heavy atom. The zero-order chi connectivity index (χ0) is 26.1. The summed E-state index contributed by atoms with van der Waals surface area (Å²) < 4.78 is 5.95. The summed E-state index contributed by atoms with van der Waals surface area (Å²) in [6.45, 7) is 5.19. The van der Waals surface area contributed by atoms with Crippen LogP contribution < -0.4 is 9.64 Å². The lowest BCUT2D eigenvalue weighted by molar-refractivity contribution is -0.116. The minimum absolute atomic E-state index is 0.0290. The van der Waals surface area contributed by atoms with E-state index in [0.29, 0.717) is 6.54 Å². The van der Waals surface area contributed by atoms with Crippen molar-refractivity contribution in [1.29, 1.82) is 0 Å². The Bertz CT molecular complexity index is 1020. The van der Waals surface area contributed by atoms with E-state index in [0.717, 1.165) is 36.4 Å². The topological polar surface area (TPSA) is 42.4 Å². The van der Waals surface area contributed by atoms with Crippen LogP contribution in [0.15, 0.2) is 73.1 Å². The predicted molar refractivity (Wildman–Crippen MR) is 154 cm³/mol. The molecule has 1 amide bonds. The summed E-state index contributed by atoms with van der Waals surface area (Å²) in [6.07, 6.45) is 17.8. The first-order valence-corrected chi connectivity index (χ1v) is 14.1. The van der Waals surface area contributed by atoms with Gasteiger partial charge >= 0.3 is 0 Å². The van der Waals surface area contributed by atoms with Crippen molar-refractivity contribution in [2.45, 2.75) is 91.0 Å². The number of pyridine rings is 1. The standard InChI is InChI=1S/C33H44N2O2/c1-3-4-5-6-7-8-9-10-11-12-24-37-33-21-17-30(18-22-33)27-35(28(2)36)32-19-15-29(16-20-32)25-31-14-13-23-34-26-31/h13-23,26H,3-12,24-25,27H2,1-2H3. The van der Waals surface area contributed by atoms with Gasteiger partial charge in [0.15, 0.2) is 0 Å². The third-order valence-corrected chi connectivity index (χ3v) is 6.79. The fourth-order valence-electron chi connectivity index (χ4n) is 4.57. The van der Waals surface area contributed by atoms with E-state index in [1.807, 2.05) is 41.4 Å². The Morgan fingerprint density at radius 3 is 1.97 bits per heavy atom. The first kappa shape index (κ1) is 28.4. The van der Waals surface area contributed by atoms with Crippen LogP contribution in [0.25, 0.3) is 0 Å². The molecule has 0 aliphatic rings. The van der Waals surface area contributed by atoms with Gasteiger partial charge in [-0.3, -0.25) is 9.78 Å². The number of amides is 1. The molecule has 37 heavy (non-hydrogen) atoms. The Labute approximate surface area is 224 Å². The zero-order valence-corrected chi connectivity index (χ0v) is 22.8. The van der Waals surface area contributed by atoms with E-state index < -0.39 is 0 Å². The largest absolute Gasteiger partial charge is 0.494 e. The number of carbonyl (C=O) groups is 1. The molecule has 3 rings (SSSR count). The third kappa shape index (κ3) is 10.8. The molecule has 0 aliphatic heterocycles. The van der Waals surface area contributed by atoms with Crippen LogP contribution in [0.3, 0.4) is 0 Å². The van der Waals surface area contributed by atoms with Crippen molar-refractivity contribution in [2.24, 2.45) is 0 Å². The fourth-order valence-corrected chi connectivity index (χ4v) is 4.57. The molecule has 0 saturated heterocycles. The highest BCUT2D eigenvalue weighted by Gasteiger charge is 2.12. The molecule has 0 unspecified atom stereocenters. The van der Waals surface area contributed by atoms with Gasteiger partial charge < -0.3 is 9.64 Å². The van der Waals surface area contributed by atoms with E-state index in [1.54, 1.807) is 13.1 Å². The number of unbranched alkanes of at least 4 members (excludes halogenated alkanes) is 9. The zero-order valence-electron chi connectivity index (χ0n) is 22.8. The maximum Gasteiger partial charge on any atom is 0.224 e. The molecule has 0 N–H and O–H groups in total. The van der Waals surface area contributed by atoms with Crippen LogP contribution in [-0.4, -0.2) is 17.5 Å². The highest BCUT2D eigenvalue weighted by atomic mass is 16.5. The van der Waals surface area contributed by atoms with Gasteiger partial charge in [0.1, 0.15) is 5.75 Å². The third-order valence-electron chi connectivity index (χ3n) is 6.79. The number of anilines is 1. The van der Waals surface area contributed by atoms with Crippen molar-refractivity contribution in [1.82, 2.24) is 4.98 Å². The first-order valence-electron chi connectivity index (χ1n) is 14.1. The van der Waals surface area contributed by atoms with E-state index in [9.17, 15) is 4.79 Å². The van der Waals surface area contributed by atoms with Crippen molar-refractivity contribution in [2.75, 3.05) is 11.5 Å². The van der Waals surface area contributed by atoms with E-state index >= 15 is 0 Å². The van der Waals surface area contributed by atoms with Gasteiger partial charge in [-0.25, -0.2) is 0 Å². The molecule has 3 aromatic rings. The number of ether oxygens (including phenoxy) is 1. The number of benzene rings is 2. The van der Waals surface area contributed by atoms with Crippen LogP contribution in [0.5, 0.6) is 5.75 Å². The second-order valence-corrected chi connectivity index (χ2v) is 9.98. The van der Waals surface area contributed by atoms with Gasteiger partial charge in [0.05, 0.1) is 13.2 Å². The van der Waals surface area contributed by atoms with Crippen molar-refractivity contribution in [3.05, 3.63) is 89.7 Å². The summed E-state index contributed by atoms with van der Waals surface area (Å²) in [5.74, 6) is 0.926. The van der Waals surface area contributed by atoms with Gasteiger partial charge in [-0.1, -0.05) is 95.0 Å². The summed E-state index contributed by atoms with van der Waals surface area (Å²) in [6, 6.07) is 20.4. The van der Waals surface area contributed by atoms with Gasteiger partial charge in [0, 0.05) is 25.0 Å². The normalized spacial score (nSPS) is 10.9. The van der Waals surface area contributed by atoms with E-state index in [4.69, 9.17) is 4.74 Å². The minimum atomic E-state index is 0.0290. The molecular weight excluding hydrogens is 456 g/mol. The highest BCUT2D eigenvalue weighted by Crippen LogP contribution is 2.21. The molecule has 0 bridgehead atoms. The molecule has 198 valence electrons. The predicted octanol–water partition coefficient (Wildman–Crippen LogP) is 8.53. The van der Waals surface area contributed by atoms with Crippen LogP contribution in [0, 0.1) is 0 Å². The van der Waals surface area contributed by atoms with Crippen LogP contribution in [0.1, 0.15) is 94.7 Å². The second-order valence-electron chi connectivity index (χ2n) is 9.98. The maximum atomic E-state index is 12.4. The average Bonchev–Trinajstić information content (AvgIpc) is 2.92. The summed E-state index contributed by atoms with van der Waals surface area (Å²) in [5.41, 5.74) is 4.36. The molecule has 1 heterocycles. The van der Waals surface area contributed by atoms with E-state index in [1.165, 1.54) is 68.9 Å². The van der Waals surface area contributed by atoms with Crippen LogP contribution in [0.4, 0.5) is 5.69 Å². The van der Waals surface area contributed by atoms with Crippen LogP contribution in [-0.2, 0) is 17.8 Å². The molecule has 1 aromatic heterocycles. The lowest BCUT2D eigenvalue weighted by Gasteiger charge is -2.22. The summed E-state index contributed by atoms with van der Waals surface area (Å²) in [7, 11) is 0. The number of hydrogen-bond acceptors (Lipinski definition) is 3. The van der Waals surface area contributed by atoms with E-state index in [2.05, 4.69) is 42.2 Å². The Hall–Kier alpha value is -3.14. The van der Waals surface area contributed by atoms with Gasteiger partial charge in [-0.15, -0.1) is 0 Å². The minimum Gasteiger partial charge on any atom is -0.494 e. The van der Waals surface area contributed by atoms with Gasteiger partial charge in [0.2, 0.25) is 5.91 Å². The van der Waals surface area contributed by atoms with Crippen molar-refractivity contribution < 1.29 is 9.53 Å². The summed E-state index contributed by atoms with van der Waals surface area (Å²) in [5, 5.41) is 0. The first-order chi connectivity index (χ1) is 18.2. The van der Waals surface area contributed by atoms with Crippen molar-refractivity contribution >= 4 is 11.6 Å². The molecule has 0 atom stereocenters. The summed E-state index contributed by atoms with van der Waals surface area (Å²) >= 11 is 0. The number of aromatic nitrogens is 1. The molecule has 0 radical (unpaired) electrons. The molecule has 2 aromatic carbocycles. The molecule has 4 heteroatoms. The Kier molecular flexibility index (Phi) is 12.7. The van der Waals surface area contributed by atoms with Gasteiger partial charge in [0.25, 0.3) is 0 Å². The van der Waals surface area contributed by atoms with Crippen molar-refractivity contribution in [3.63, 3.8) is 0 Å².